The zero-order chi connectivity index (χ0) is 20.3. The van der Waals surface area contributed by atoms with Gasteiger partial charge in [-0.2, -0.15) is 4.98 Å². The van der Waals surface area contributed by atoms with Gasteiger partial charge in [0.15, 0.2) is 0 Å². The number of hydrogen-bond acceptors (Lipinski definition) is 4. The van der Waals surface area contributed by atoms with Gasteiger partial charge in [0.05, 0.1) is 11.0 Å². The number of carbonyl (C=O) groups is 1. The SMILES string of the molecule is CCN(CCc1nc2ccc(C)cc2[nH]1)C(=O)CCc1c(C)nc(=O)[nH]c1C. The number of hydrogen-bond donors (Lipinski definition) is 2. The van der Waals surface area contributed by atoms with E-state index in [0.29, 0.717) is 38.0 Å². The van der Waals surface area contributed by atoms with Crippen molar-refractivity contribution < 1.29 is 4.79 Å². The Morgan fingerprint density at radius 2 is 1.89 bits per heavy atom. The van der Waals surface area contributed by atoms with Crippen LogP contribution < -0.4 is 5.69 Å². The molecule has 0 aliphatic heterocycles. The van der Waals surface area contributed by atoms with Crippen molar-refractivity contribution in [1.82, 2.24) is 24.8 Å². The number of aromatic amines is 2. The van der Waals surface area contributed by atoms with Gasteiger partial charge in [-0.05, 0) is 57.4 Å². The smallest absolute Gasteiger partial charge is 0.343 e. The third kappa shape index (κ3) is 4.47. The summed E-state index contributed by atoms with van der Waals surface area (Å²) in [5.74, 6) is 0.989. The highest BCUT2D eigenvalue weighted by Gasteiger charge is 2.15. The molecule has 0 spiro atoms. The third-order valence-electron chi connectivity index (χ3n) is 5.08. The van der Waals surface area contributed by atoms with Gasteiger partial charge in [0, 0.05) is 37.3 Å². The normalized spacial score (nSPS) is 11.1. The van der Waals surface area contributed by atoms with Crippen molar-refractivity contribution in [2.45, 2.75) is 47.0 Å². The summed E-state index contributed by atoms with van der Waals surface area (Å²) in [5, 5.41) is 0. The van der Waals surface area contributed by atoms with Crippen molar-refractivity contribution in [1.29, 1.82) is 0 Å². The van der Waals surface area contributed by atoms with E-state index in [2.05, 4.69) is 32.9 Å². The van der Waals surface area contributed by atoms with E-state index in [1.54, 1.807) is 0 Å². The molecule has 2 aromatic heterocycles. The number of aromatic nitrogens is 4. The molecule has 0 fully saturated rings. The van der Waals surface area contributed by atoms with E-state index in [0.717, 1.165) is 28.1 Å². The summed E-state index contributed by atoms with van der Waals surface area (Å²) < 4.78 is 0. The fourth-order valence-electron chi connectivity index (χ4n) is 3.51. The van der Waals surface area contributed by atoms with Crippen LogP contribution in [0.5, 0.6) is 0 Å². The van der Waals surface area contributed by atoms with Crippen LogP contribution in [0.1, 0.15) is 41.7 Å². The molecule has 7 heteroatoms. The van der Waals surface area contributed by atoms with E-state index in [1.807, 2.05) is 37.8 Å². The summed E-state index contributed by atoms with van der Waals surface area (Å²) in [7, 11) is 0. The van der Waals surface area contributed by atoms with Crippen molar-refractivity contribution in [2.75, 3.05) is 13.1 Å². The van der Waals surface area contributed by atoms with Gasteiger partial charge >= 0.3 is 5.69 Å². The molecule has 3 aromatic rings. The maximum absolute atomic E-state index is 12.7. The van der Waals surface area contributed by atoms with Gasteiger partial charge in [-0.15, -0.1) is 0 Å². The van der Waals surface area contributed by atoms with Gasteiger partial charge in [-0.25, -0.2) is 9.78 Å². The van der Waals surface area contributed by atoms with E-state index in [9.17, 15) is 9.59 Å². The molecule has 7 nitrogen and oxygen atoms in total. The number of fused-ring (bicyclic) bond motifs is 1. The monoisotopic (exact) mass is 381 g/mol. The predicted octanol–water partition coefficient (Wildman–Crippen LogP) is 2.60. The Morgan fingerprint density at radius 3 is 2.61 bits per heavy atom. The van der Waals surface area contributed by atoms with Gasteiger partial charge in [0.25, 0.3) is 0 Å². The zero-order valence-corrected chi connectivity index (χ0v) is 16.9. The minimum atomic E-state index is -0.346. The Kier molecular flexibility index (Phi) is 5.92. The largest absolute Gasteiger partial charge is 0.345 e. The molecule has 148 valence electrons. The van der Waals surface area contributed by atoms with Gasteiger partial charge in [0.2, 0.25) is 5.91 Å². The minimum Gasteiger partial charge on any atom is -0.343 e. The summed E-state index contributed by atoms with van der Waals surface area (Å²) in [6.45, 7) is 8.96. The molecule has 0 saturated carbocycles. The molecule has 28 heavy (non-hydrogen) atoms. The molecular formula is C21H27N5O2. The van der Waals surface area contributed by atoms with Crippen LogP contribution in [0.2, 0.25) is 0 Å². The first kappa shape index (κ1) is 19.8. The summed E-state index contributed by atoms with van der Waals surface area (Å²) in [6, 6.07) is 6.14. The number of rotatable bonds is 7. The van der Waals surface area contributed by atoms with Crippen LogP contribution in [0.4, 0.5) is 0 Å². The number of H-pyrrole nitrogens is 2. The van der Waals surface area contributed by atoms with Crippen LogP contribution in [-0.2, 0) is 17.6 Å². The average molecular weight is 381 g/mol. The molecule has 0 aliphatic carbocycles. The number of aryl methyl sites for hydroxylation is 3. The van der Waals surface area contributed by atoms with Crippen LogP contribution in [0, 0.1) is 20.8 Å². The third-order valence-corrected chi connectivity index (χ3v) is 5.08. The molecule has 3 rings (SSSR count). The fraction of sp³-hybridized carbons (Fsp3) is 0.429. The number of imidazole rings is 1. The van der Waals surface area contributed by atoms with E-state index in [-0.39, 0.29) is 11.6 Å². The Balaban J connectivity index is 1.61. The highest BCUT2D eigenvalue weighted by atomic mass is 16.2. The molecule has 1 amide bonds. The topological polar surface area (TPSA) is 94.7 Å². The van der Waals surface area contributed by atoms with E-state index in [1.165, 1.54) is 5.56 Å². The second-order valence-corrected chi connectivity index (χ2v) is 7.16. The first-order valence-corrected chi connectivity index (χ1v) is 9.66. The van der Waals surface area contributed by atoms with Crippen molar-refractivity contribution in [3.63, 3.8) is 0 Å². The first-order chi connectivity index (χ1) is 13.4. The maximum atomic E-state index is 12.7. The number of nitrogens with one attached hydrogen (secondary N) is 2. The molecule has 0 saturated heterocycles. The molecule has 1 aromatic carbocycles. The highest BCUT2D eigenvalue weighted by molar-refractivity contribution is 5.77. The molecule has 0 unspecified atom stereocenters. The van der Waals surface area contributed by atoms with Gasteiger partial charge in [-0.1, -0.05) is 6.07 Å². The summed E-state index contributed by atoms with van der Waals surface area (Å²) in [4.78, 5) is 40.5. The van der Waals surface area contributed by atoms with Crippen LogP contribution >= 0.6 is 0 Å². The minimum absolute atomic E-state index is 0.0967. The van der Waals surface area contributed by atoms with Crippen LogP contribution in [0.3, 0.4) is 0 Å². The van der Waals surface area contributed by atoms with Crippen LogP contribution in [0.25, 0.3) is 11.0 Å². The lowest BCUT2D eigenvalue weighted by atomic mass is 10.1. The number of carbonyl (C=O) groups excluding carboxylic acids is 1. The van der Waals surface area contributed by atoms with Gasteiger partial charge in [0.1, 0.15) is 5.82 Å². The quantitative estimate of drug-likeness (QED) is 0.658. The molecule has 2 N–H and O–H groups in total. The van der Waals surface area contributed by atoms with Gasteiger partial charge in [-0.3, -0.25) is 4.79 Å². The average Bonchev–Trinajstić information content (AvgIpc) is 3.03. The Morgan fingerprint density at radius 1 is 1.11 bits per heavy atom. The second kappa shape index (κ2) is 8.37. The van der Waals surface area contributed by atoms with E-state index in [4.69, 9.17) is 0 Å². The summed E-state index contributed by atoms with van der Waals surface area (Å²) in [6.07, 6.45) is 1.65. The van der Waals surface area contributed by atoms with Crippen molar-refractivity contribution in [3.05, 3.63) is 57.0 Å². The Hall–Kier alpha value is -2.96. The molecule has 2 heterocycles. The number of nitrogens with zero attached hydrogens (tertiary/aromatic N) is 3. The van der Waals surface area contributed by atoms with Gasteiger partial charge < -0.3 is 14.9 Å². The van der Waals surface area contributed by atoms with Crippen molar-refractivity contribution >= 4 is 16.9 Å². The molecule has 0 radical (unpaired) electrons. The lowest BCUT2D eigenvalue weighted by Gasteiger charge is -2.20. The molecular weight excluding hydrogens is 354 g/mol. The molecule has 0 bridgehead atoms. The highest BCUT2D eigenvalue weighted by Crippen LogP contribution is 2.14. The van der Waals surface area contributed by atoms with Crippen LogP contribution in [-0.4, -0.2) is 43.8 Å². The Labute approximate surface area is 164 Å². The van der Waals surface area contributed by atoms with Crippen molar-refractivity contribution in [3.8, 4) is 0 Å². The van der Waals surface area contributed by atoms with E-state index >= 15 is 0 Å². The van der Waals surface area contributed by atoms with Crippen molar-refractivity contribution in [2.24, 2.45) is 0 Å². The first-order valence-electron chi connectivity index (χ1n) is 9.66. The van der Waals surface area contributed by atoms with Crippen LogP contribution in [0.15, 0.2) is 23.0 Å². The summed E-state index contributed by atoms with van der Waals surface area (Å²) >= 11 is 0. The fourth-order valence-corrected chi connectivity index (χ4v) is 3.51. The molecule has 0 aliphatic rings. The Bertz CT molecular complexity index is 1020. The summed E-state index contributed by atoms with van der Waals surface area (Å²) in [5.41, 5.74) is 5.24. The zero-order valence-electron chi connectivity index (χ0n) is 16.9. The molecule has 0 atom stereocenters. The number of likely N-dealkylation sites (N-methyl/N-ethyl adjacent to an activating group) is 1. The van der Waals surface area contributed by atoms with E-state index < -0.39 is 0 Å². The standard InChI is InChI=1S/C21H27N5O2/c1-5-26(11-10-19-24-17-8-6-13(2)12-18(17)25-19)20(27)9-7-16-14(3)22-21(28)23-15(16)4/h6,8,12H,5,7,9-11H2,1-4H3,(H,24,25)(H,22,23,28). The predicted molar refractivity (Wildman–Crippen MR) is 109 cm³/mol. The number of amides is 1. The lowest BCUT2D eigenvalue weighted by Crippen LogP contribution is -2.33. The number of benzene rings is 1. The lowest BCUT2D eigenvalue weighted by molar-refractivity contribution is -0.130. The second-order valence-electron chi connectivity index (χ2n) is 7.16. The maximum Gasteiger partial charge on any atom is 0.345 e.